The van der Waals surface area contributed by atoms with E-state index in [1.807, 2.05) is 18.1 Å². The van der Waals surface area contributed by atoms with Crippen molar-refractivity contribution in [2.75, 3.05) is 25.4 Å². The molecule has 2 aromatic carbocycles. The van der Waals surface area contributed by atoms with Crippen molar-refractivity contribution >= 4 is 11.8 Å². The van der Waals surface area contributed by atoms with Gasteiger partial charge in [-0.05, 0) is 18.6 Å². The van der Waals surface area contributed by atoms with Gasteiger partial charge in [0.05, 0.1) is 24.3 Å². The number of ether oxygens (including phenoxy) is 1. The Bertz CT molecular complexity index is 876. The number of thioether (sulfide) groups is 1. The van der Waals surface area contributed by atoms with Gasteiger partial charge in [-0.1, -0.05) is 67.6 Å². The SMILES string of the molecule is CCC(CCSC1CNCCO1)n1cnc(-c2ccccc2)c1-c1ccccc1. The summed E-state index contributed by atoms with van der Waals surface area (Å²) in [5.41, 5.74) is 4.93. The van der Waals surface area contributed by atoms with Gasteiger partial charge in [0, 0.05) is 30.3 Å². The minimum Gasteiger partial charge on any atom is -0.365 e. The molecule has 0 saturated carbocycles. The number of rotatable bonds is 8. The van der Waals surface area contributed by atoms with Gasteiger partial charge in [0.15, 0.2) is 0 Å². The third-order valence-corrected chi connectivity index (χ3v) is 6.55. The van der Waals surface area contributed by atoms with E-state index in [4.69, 9.17) is 9.72 Å². The fourth-order valence-electron chi connectivity index (χ4n) is 3.85. The van der Waals surface area contributed by atoms with Crippen molar-refractivity contribution in [2.24, 2.45) is 0 Å². The highest BCUT2D eigenvalue weighted by atomic mass is 32.2. The van der Waals surface area contributed by atoms with E-state index in [0.29, 0.717) is 6.04 Å². The highest BCUT2D eigenvalue weighted by Gasteiger charge is 2.21. The van der Waals surface area contributed by atoms with Crippen molar-refractivity contribution in [2.45, 2.75) is 31.2 Å². The summed E-state index contributed by atoms with van der Waals surface area (Å²) in [7, 11) is 0. The van der Waals surface area contributed by atoms with Crippen LogP contribution in [-0.4, -0.2) is 40.4 Å². The first kappa shape index (κ1) is 20.2. The van der Waals surface area contributed by atoms with Gasteiger partial charge in [-0.3, -0.25) is 0 Å². The molecule has 152 valence electrons. The van der Waals surface area contributed by atoms with E-state index in [9.17, 15) is 0 Å². The molecule has 3 aromatic rings. The number of hydrogen-bond acceptors (Lipinski definition) is 4. The predicted octanol–water partition coefficient (Wildman–Crippen LogP) is 5.24. The lowest BCUT2D eigenvalue weighted by Crippen LogP contribution is -2.36. The third kappa shape index (κ3) is 4.92. The maximum absolute atomic E-state index is 5.84. The van der Waals surface area contributed by atoms with Crippen LogP contribution in [0.4, 0.5) is 0 Å². The Morgan fingerprint density at radius 2 is 1.83 bits per heavy atom. The van der Waals surface area contributed by atoms with Crippen LogP contribution in [0, 0.1) is 0 Å². The molecule has 0 radical (unpaired) electrons. The number of nitrogens with zero attached hydrogens (tertiary/aromatic N) is 2. The maximum Gasteiger partial charge on any atom is 0.115 e. The molecule has 1 saturated heterocycles. The van der Waals surface area contributed by atoms with Crippen molar-refractivity contribution in [3.05, 3.63) is 67.0 Å². The molecule has 1 aromatic heterocycles. The molecule has 5 heteroatoms. The zero-order valence-electron chi connectivity index (χ0n) is 17.0. The number of benzene rings is 2. The average Bonchev–Trinajstić information content (AvgIpc) is 3.23. The molecular weight excluding hydrogens is 378 g/mol. The molecule has 1 N–H and O–H groups in total. The average molecular weight is 408 g/mol. The summed E-state index contributed by atoms with van der Waals surface area (Å²) in [5.74, 6) is 1.08. The molecule has 1 aliphatic rings. The lowest BCUT2D eigenvalue weighted by atomic mass is 10.0. The zero-order valence-corrected chi connectivity index (χ0v) is 17.8. The third-order valence-electron chi connectivity index (χ3n) is 5.40. The Balaban J connectivity index is 1.59. The molecule has 1 aliphatic heterocycles. The second-order valence-electron chi connectivity index (χ2n) is 7.31. The molecule has 0 aliphatic carbocycles. The second kappa shape index (κ2) is 10.1. The van der Waals surface area contributed by atoms with E-state index >= 15 is 0 Å². The molecule has 2 heterocycles. The normalized spacial score (nSPS) is 17.9. The van der Waals surface area contributed by atoms with Gasteiger partial charge in [-0.25, -0.2) is 4.98 Å². The number of morpholine rings is 1. The topological polar surface area (TPSA) is 39.1 Å². The van der Waals surface area contributed by atoms with Crippen molar-refractivity contribution in [3.63, 3.8) is 0 Å². The van der Waals surface area contributed by atoms with E-state index < -0.39 is 0 Å². The van der Waals surface area contributed by atoms with Crippen LogP contribution in [-0.2, 0) is 4.74 Å². The van der Waals surface area contributed by atoms with Gasteiger partial charge < -0.3 is 14.6 Å². The quantitative estimate of drug-likeness (QED) is 0.554. The minimum absolute atomic E-state index is 0.275. The molecule has 0 spiro atoms. The second-order valence-corrected chi connectivity index (χ2v) is 8.57. The van der Waals surface area contributed by atoms with Crippen LogP contribution in [0.1, 0.15) is 25.8 Å². The van der Waals surface area contributed by atoms with E-state index in [1.54, 1.807) is 0 Å². The van der Waals surface area contributed by atoms with Crippen molar-refractivity contribution < 1.29 is 4.74 Å². The van der Waals surface area contributed by atoms with Crippen LogP contribution in [0.3, 0.4) is 0 Å². The van der Waals surface area contributed by atoms with Gasteiger partial charge in [0.25, 0.3) is 0 Å². The molecule has 0 bridgehead atoms. The fraction of sp³-hybridized carbons (Fsp3) is 0.375. The molecule has 4 rings (SSSR count). The van der Waals surface area contributed by atoms with Gasteiger partial charge in [-0.2, -0.15) is 0 Å². The largest absolute Gasteiger partial charge is 0.365 e. The Morgan fingerprint density at radius 1 is 1.10 bits per heavy atom. The Kier molecular flexibility index (Phi) is 7.04. The summed E-state index contributed by atoms with van der Waals surface area (Å²) < 4.78 is 8.22. The maximum atomic E-state index is 5.84. The van der Waals surface area contributed by atoms with Crippen LogP contribution < -0.4 is 5.32 Å². The zero-order chi connectivity index (χ0) is 19.9. The van der Waals surface area contributed by atoms with E-state index in [0.717, 1.165) is 49.5 Å². The molecular formula is C24H29N3OS. The first-order chi connectivity index (χ1) is 14.4. The highest BCUT2D eigenvalue weighted by molar-refractivity contribution is 7.99. The lowest BCUT2D eigenvalue weighted by Gasteiger charge is -2.25. The van der Waals surface area contributed by atoms with Crippen LogP contribution in [0.2, 0.25) is 0 Å². The van der Waals surface area contributed by atoms with Gasteiger partial charge in [-0.15, -0.1) is 11.8 Å². The summed E-state index contributed by atoms with van der Waals surface area (Å²) in [6.07, 6.45) is 4.21. The lowest BCUT2D eigenvalue weighted by molar-refractivity contribution is 0.0852. The molecule has 1 fully saturated rings. The van der Waals surface area contributed by atoms with Crippen LogP contribution in [0.5, 0.6) is 0 Å². The molecule has 4 nitrogen and oxygen atoms in total. The Hall–Kier alpha value is -2.08. The number of aromatic nitrogens is 2. The van der Waals surface area contributed by atoms with Crippen molar-refractivity contribution in [1.29, 1.82) is 0 Å². The van der Waals surface area contributed by atoms with Crippen molar-refractivity contribution in [1.82, 2.24) is 14.9 Å². The first-order valence-electron chi connectivity index (χ1n) is 10.5. The highest BCUT2D eigenvalue weighted by Crippen LogP contribution is 2.35. The summed E-state index contributed by atoms with van der Waals surface area (Å²) in [6, 6.07) is 21.6. The fourth-order valence-corrected chi connectivity index (χ4v) is 4.95. The summed E-state index contributed by atoms with van der Waals surface area (Å²) in [6.45, 7) is 4.99. The van der Waals surface area contributed by atoms with E-state index in [1.165, 1.54) is 11.3 Å². The molecule has 0 amide bonds. The van der Waals surface area contributed by atoms with E-state index in [-0.39, 0.29) is 5.44 Å². The van der Waals surface area contributed by atoms with Crippen LogP contribution >= 0.6 is 11.8 Å². The Morgan fingerprint density at radius 3 is 2.48 bits per heavy atom. The molecule has 2 unspecified atom stereocenters. The number of nitrogens with one attached hydrogen (secondary N) is 1. The summed E-state index contributed by atoms with van der Waals surface area (Å²) in [4.78, 5) is 4.85. The summed E-state index contributed by atoms with van der Waals surface area (Å²) >= 11 is 1.92. The van der Waals surface area contributed by atoms with Gasteiger partial charge in [0.1, 0.15) is 5.44 Å². The van der Waals surface area contributed by atoms with E-state index in [2.05, 4.69) is 77.5 Å². The molecule has 2 atom stereocenters. The minimum atomic E-state index is 0.275. The number of imidazole rings is 1. The first-order valence-corrected chi connectivity index (χ1v) is 11.5. The van der Waals surface area contributed by atoms with Gasteiger partial charge >= 0.3 is 0 Å². The summed E-state index contributed by atoms with van der Waals surface area (Å²) in [5, 5.41) is 3.41. The monoisotopic (exact) mass is 407 g/mol. The van der Waals surface area contributed by atoms with Crippen LogP contribution in [0.25, 0.3) is 22.5 Å². The predicted molar refractivity (Wildman–Crippen MR) is 122 cm³/mol. The standard InChI is InChI=1S/C24H29N3OS/c1-2-21(13-16-29-22-17-25-14-15-28-22)27-18-26-23(19-9-5-3-6-10-19)24(27)20-11-7-4-8-12-20/h3-12,18,21-22,25H,2,13-17H2,1H3. The van der Waals surface area contributed by atoms with Crippen molar-refractivity contribution in [3.8, 4) is 22.5 Å². The molecule has 29 heavy (non-hydrogen) atoms. The Labute approximate surface area is 177 Å². The smallest absolute Gasteiger partial charge is 0.115 e. The van der Waals surface area contributed by atoms with Crippen LogP contribution in [0.15, 0.2) is 67.0 Å². The number of hydrogen-bond donors (Lipinski definition) is 1. The van der Waals surface area contributed by atoms with Gasteiger partial charge in [0.2, 0.25) is 0 Å².